The molecule has 1 rings (SSSR count). The Labute approximate surface area is 81.7 Å². The van der Waals surface area contributed by atoms with Gasteiger partial charge in [0.1, 0.15) is 5.82 Å². The van der Waals surface area contributed by atoms with Crippen molar-refractivity contribution in [3.05, 3.63) is 41.7 Å². The zero-order valence-electron chi connectivity index (χ0n) is 7.83. The fourth-order valence-electron chi connectivity index (χ4n) is 1.24. The van der Waals surface area contributed by atoms with Gasteiger partial charge in [0.2, 0.25) is 0 Å². The molecule has 0 bridgehead atoms. The summed E-state index contributed by atoms with van der Waals surface area (Å²) < 4.78 is 13.2. The van der Waals surface area contributed by atoms with Gasteiger partial charge < -0.3 is 5.11 Å². The highest BCUT2D eigenvalue weighted by molar-refractivity contribution is 5.90. The van der Waals surface area contributed by atoms with Crippen LogP contribution in [0.25, 0.3) is 5.57 Å². The van der Waals surface area contributed by atoms with Gasteiger partial charge in [-0.1, -0.05) is 25.1 Å². The molecule has 0 heterocycles. The Bertz CT molecular complexity index is 369. The van der Waals surface area contributed by atoms with Crippen molar-refractivity contribution in [3.63, 3.8) is 0 Å². The third kappa shape index (κ3) is 2.42. The molecule has 14 heavy (non-hydrogen) atoms. The number of carboxylic acid groups (broad SMARTS) is 1. The lowest BCUT2D eigenvalue weighted by atomic mass is 10.0. The molecule has 1 N–H and O–H groups in total. The monoisotopic (exact) mass is 194 g/mol. The van der Waals surface area contributed by atoms with Crippen molar-refractivity contribution in [3.8, 4) is 0 Å². The molecule has 0 amide bonds. The van der Waals surface area contributed by atoms with Gasteiger partial charge >= 0.3 is 5.97 Å². The Morgan fingerprint density at radius 1 is 1.50 bits per heavy atom. The maximum absolute atomic E-state index is 13.2. The molecule has 0 spiro atoms. The highest BCUT2D eigenvalue weighted by Gasteiger charge is 2.06. The Morgan fingerprint density at radius 2 is 2.14 bits per heavy atom. The summed E-state index contributed by atoms with van der Waals surface area (Å²) in [5.74, 6) is -1.44. The molecule has 0 aliphatic rings. The van der Waals surface area contributed by atoms with Gasteiger partial charge in [-0.25, -0.2) is 9.18 Å². The Hall–Kier alpha value is -1.64. The van der Waals surface area contributed by atoms with E-state index in [1.165, 1.54) is 6.07 Å². The molecule has 0 aromatic heterocycles. The summed E-state index contributed by atoms with van der Waals surface area (Å²) in [6, 6.07) is 6.16. The van der Waals surface area contributed by atoms with E-state index in [1.807, 2.05) is 0 Å². The van der Waals surface area contributed by atoms with E-state index in [0.29, 0.717) is 17.6 Å². The van der Waals surface area contributed by atoms with E-state index in [-0.39, 0.29) is 5.82 Å². The lowest BCUT2D eigenvalue weighted by Crippen LogP contribution is -1.94. The summed E-state index contributed by atoms with van der Waals surface area (Å²) in [6.45, 7) is 1.79. The summed E-state index contributed by atoms with van der Waals surface area (Å²) in [6.07, 6.45) is 1.53. The Morgan fingerprint density at radius 3 is 2.64 bits per heavy atom. The number of hydrogen-bond donors (Lipinski definition) is 1. The lowest BCUT2D eigenvalue weighted by molar-refractivity contribution is -0.131. The normalized spacial score (nSPS) is 11.4. The van der Waals surface area contributed by atoms with Gasteiger partial charge in [-0.3, -0.25) is 0 Å². The fourth-order valence-corrected chi connectivity index (χ4v) is 1.24. The SMILES string of the molecule is CC/C(=C\C(=O)O)c1ccccc1F. The molecule has 0 saturated heterocycles. The highest BCUT2D eigenvalue weighted by atomic mass is 19.1. The van der Waals surface area contributed by atoms with Crippen LogP contribution in [0.2, 0.25) is 0 Å². The van der Waals surface area contributed by atoms with Crippen LogP contribution in [-0.4, -0.2) is 11.1 Å². The first kappa shape index (κ1) is 10.4. The van der Waals surface area contributed by atoms with Crippen LogP contribution in [0.5, 0.6) is 0 Å². The first-order chi connectivity index (χ1) is 6.65. The molecular weight excluding hydrogens is 183 g/mol. The molecule has 74 valence electrons. The number of carboxylic acids is 1. The van der Waals surface area contributed by atoms with Crippen LogP contribution in [0, 0.1) is 5.82 Å². The molecule has 0 aliphatic heterocycles. The number of carbonyl (C=O) groups is 1. The summed E-state index contributed by atoms with van der Waals surface area (Å²) in [4.78, 5) is 10.5. The minimum absolute atomic E-state index is 0.359. The van der Waals surface area contributed by atoms with Crippen LogP contribution >= 0.6 is 0 Å². The molecule has 0 fully saturated rings. The fraction of sp³-hybridized carbons (Fsp3) is 0.182. The van der Waals surface area contributed by atoms with Crippen LogP contribution in [0.3, 0.4) is 0 Å². The molecule has 0 unspecified atom stereocenters. The predicted molar refractivity (Wildman–Crippen MR) is 52.3 cm³/mol. The van der Waals surface area contributed by atoms with Gasteiger partial charge in [-0.15, -0.1) is 0 Å². The van der Waals surface area contributed by atoms with Crippen LogP contribution in [0.15, 0.2) is 30.3 Å². The number of hydrogen-bond acceptors (Lipinski definition) is 1. The third-order valence-electron chi connectivity index (χ3n) is 1.90. The van der Waals surface area contributed by atoms with Crippen molar-refractivity contribution >= 4 is 11.5 Å². The Balaban J connectivity index is 3.13. The number of allylic oxidation sites excluding steroid dienone is 1. The van der Waals surface area contributed by atoms with Crippen molar-refractivity contribution < 1.29 is 14.3 Å². The third-order valence-corrected chi connectivity index (χ3v) is 1.90. The molecule has 0 radical (unpaired) electrons. The second-order valence-electron chi connectivity index (χ2n) is 2.84. The summed E-state index contributed by atoms with van der Waals surface area (Å²) in [7, 11) is 0. The van der Waals surface area contributed by atoms with Gasteiger partial charge in [0.05, 0.1) is 0 Å². The van der Waals surface area contributed by atoms with E-state index in [1.54, 1.807) is 25.1 Å². The maximum atomic E-state index is 13.2. The van der Waals surface area contributed by atoms with Gasteiger partial charge in [-0.2, -0.15) is 0 Å². The maximum Gasteiger partial charge on any atom is 0.328 e. The minimum atomic E-state index is -1.05. The summed E-state index contributed by atoms with van der Waals surface area (Å²) >= 11 is 0. The van der Waals surface area contributed by atoms with Gasteiger partial charge in [0.25, 0.3) is 0 Å². The smallest absolute Gasteiger partial charge is 0.328 e. The van der Waals surface area contributed by atoms with Crippen LogP contribution in [0.4, 0.5) is 4.39 Å². The predicted octanol–water partition coefficient (Wildman–Crippen LogP) is 2.70. The van der Waals surface area contributed by atoms with Crippen molar-refractivity contribution in [2.24, 2.45) is 0 Å². The van der Waals surface area contributed by atoms with Gasteiger partial charge in [-0.05, 0) is 18.1 Å². The average Bonchev–Trinajstić information content (AvgIpc) is 2.15. The number of benzene rings is 1. The second-order valence-corrected chi connectivity index (χ2v) is 2.84. The van der Waals surface area contributed by atoms with E-state index < -0.39 is 5.97 Å². The zero-order chi connectivity index (χ0) is 10.6. The topological polar surface area (TPSA) is 37.3 Å². The zero-order valence-corrected chi connectivity index (χ0v) is 7.83. The van der Waals surface area contributed by atoms with E-state index in [4.69, 9.17) is 5.11 Å². The van der Waals surface area contributed by atoms with Crippen molar-refractivity contribution in [2.45, 2.75) is 13.3 Å². The second kappa shape index (κ2) is 4.56. The first-order valence-electron chi connectivity index (χ1n) is 4.33. The summed E-state index contributed by atoms with van der Waals surface area (Å²) in [5, 5.41) is 8.57. The number of aliphatic carboxylic acids is 1. The number of halogens is 1. The van der Waals surface area contributed by atoms with Crippen LogP contribution < -0.4 is 0 Å². The van der Waals surface area contributed by atoms with Crippen LogP contribution in [0.1, 0.15) is 18.9 Å². The lowest BCUT2D eigenvalue weighted by Gasteiger charge is -2.04. The molecule has 1 aromatic carbocycles. The number of rotatable bonds is 3. The van der Waals surface area contributed by atoms with E-state index in [9.17, 15) is 9.18 Å². The highest BCUT2D eigenvalue weighted by Crippen LogP contribution is 2.20. The first-order valence-corrected chi connectivity index (χ1v) is 4.33. The molecule has 1 aromatic rings. The molecular formula is C11H11FO2. The molecule has 0 saturated carbocycles. The molecule has 3 heteroatoms. The summed E-state index contributed by atoms with van der Waals surface area (Å²) in [5.41, 5.74) is 0.855. The minimum Gasteiger partial charge on any atom is -0.478 e. The molecule has 0 atom stereocenters. The average molecular weight is 194 g/mol. The standard InChI is InChI=1S/C11H11FO2/c1-2-8(7-11(13)14)9-5-3-4-6-10(9)12/h3-7H,2H2,1H3,(H,13,14)/b8-7+. The van der Waals surface area contributed by atoms with E-state index in [2.05, 4.69) is 0 Å². The van der Waals surface area contributed by atoms with Crippen molar-refractivity contribution in [2.75, 3.05) is 0 Å². The van der Waals surface area contributed by atoms with E-state index >= 15 is 0 Å². The van der Waals surface area contributed by atoms with E-state index in [0.717, 1.165) is 6.08 Å². The quantitative estimate of drug-likeness (QED) is 0.751. The molecule has 0 aliphatic carbocycles. The van der Waals surface area contributed by atoms with Crippen molar-refractivity contribution in [1.29, 1.82) is 0 Å². The Kier molecular flexibility index (Phi) is 3.40. The molecule has 2 nitrogen and oxygen atoms in total. The van der Waals surface area contributed by atoms with Crippen LogP contribution in [-0.2, 0) is 4.79 Å². The van der Waals surface area contributed by atoms with Crippen molar-refractivity contribution in [1.82, 2.24) is 0 Å². The largest absolute Gasteiger partial charge is 0.478 e. The van der Waals surface area contributed by atoms with Gasteiger partial charge in [0.15, 0.2) is 0 Å². The van der Waals surface area contributed by atoms with Gasteiger partial charge in [0, 0.05) is 11.6 Å².